The quantitative estimate of drug-likeness (QED) is 0.468. The minimum absolute atomic E-state index is 0.0000860. The molecule has 0 spiro atoms. The van der Waals surface area contributed by atoms with E-state index in [1.807, 2.05) is 0 Å². The topological polar surface area (TPSA) is 124 Å². The Morgan fingerprint density at radius 3 is 2.32 bits per heavy atom. The van der Waals surface area contributed by atoms with Gasteiger partial charge < -0.3 is 10.2 Å². The van der Waals surface area contributed by atoms with Gasteiger partial charge >= 0.3 is 5.69 Å². The zero-order valence-corrected chi connectivity index (χ0v) is 17.8. The van der Waals surface area contributed by atoms with Crippen LogP contribution in [0.5, 0.6) is 5.88 Å². The van der Waals surface area contributed by atoms with E-state index in [9.17, 15) is 24.6 Å². The SMILES string of the molecule is CC(O)Cc1c(O)n(Cc2ccc(Cl)cc2)c2nc3c(c(=O)n(C)c(=O)n3C)n2c1=O. The highest BCUT2D eigenvalue weighted by molar-refractivity contribution is 6.30. The summed E-state index contributed by atoms with van der Waals surface area (Å²) in [5, 5.41) is 21.3. The summed E-state index contributed by atoms with van der Waals surface area (Å²) in [4.78, 5) is 42.8. The fourth-order valence-electron chi connectivity index (χ4n) is 3.64. The standard InChI is InChI=1S/C20H20ClN5O5/c1-10(27)8-13-16(28)25(9-11-4-6-12(21)7-5-11)19-22-15-14(26(19)17(13)29)18(30)24(3)20(31)23(15)2/h4-7,10,27-28H,8-9H2,1-3H3. The first kappa shape index (κ1) is 20.9. The van der Waals surface area contributed by atoms with Crippen LogP contribution < -0.4 is 16.8 Å². The third-order valence-corrected chi connectivity index (χ3v) is 5.47. The number of hydrogen-bond donors (Lipinski definition) is 2. The van der Waals surface area contributed by atoms with Crippen molar-refractivity contribution in [3.8, 4) is 5.88 Å². The fourth-order valence-corrected chi connectivity index (χ4v) is 3.76. The summed E-state index contributed by atoms with van der Waals surface area (Å²) >= 11 is 5.95. The summed E-state index contributed by atoms with van der Waals surface area (Å²) in [5.41, 5.74) is -1.34. The van der Waals surface area contributed by atoms with Crippen molar-refractivity contribution in [2.45, 2.75) is 26.0 Å². The molecule has 1 aromatic carbocycles. The van der Waals surface area contributed by atoms with Gasteiger partial charge in [0.2, 0.25) is 11.7 Å². The minimum atomic E-state index is -0.915. The fraction of sp³-hybridized carbons (Fsp3) is 0.300. The zero-order chi connectivity index (χ0) is 22.6. The molecular formula is C20H20ClN5O5. The molecule has 1 unspecified atom stereocenters. The summed E-state index contributed by atoms with van der Waals surface area (Å²) in [5.74, 6) is -0.370. The molecule has 1 atom stereocenters. The predicted molar refractivity (Wildman–Crippen MR) is 115 cm³/mol. The van der Waals surface area contributed by atoms with Crippen molar-refractivity contribution in [1.29, 1.82) is 0 Å². The highest BCUT2D eigenvalue weighted by Gasteiger charge is 2.24. The highest BCUT2D eigenvalue weighted by Crippen LogP contribution is 2.23. The Kier molecular flexibility index (Phi) is 4.98. The van der Waals surface area contributed by atoms with Gasteiger partial charge in [0.05, 0.1) is 18.2 Å². The first-order valence-corrected chi connectivity index (χ1v) is 9.85. The van der Waals surface area contributed by atoms with E-state index >= 15 is 0 Å². The van der Waals surface area contributed by atoms with E-state index in [1.54, 1.807) is 24.3 Å². The van der Waals surface area contributed by atoms with Crippen LogP contribution in [-0.4, -0.2) is 39.4 Å². The Morgan fingerprint density at radius 1 is 1.06 bits per heavy atom. The Balaban J connectivity index is 2.17. The number of aliphatic hydroxyl groups excluding tert-OH is 1. The molecule has 31 heavy (non-hydrogen) atoms. The second kappa shape index (κ2) is 7.40. The molecule has 4 rings (SSSR count). The number of nitrogens with zero attached hydrogens (tertiary/aromatic N) is 5. The number of hydrogen-bond acceptors (Lipinski definition) is 6. The predicted octanol–water partition coefficient (Wildman–Crippen LogP) is 0.377. The average molecular weight is 446 g/mol. The van der Waals surface area contributed by atoms with Crippen LogP contribution in [-0.2, 0) is 27.1 Å². The van der Waals surface area contributed by atoms with Crippen molar-refractivity contribution in [2.75, 3.05) is 0 Å². The van der Waals surface area contributed by atoms with Gasteiger partial charge in [-0.3, -0.25) is 23.3 Å². The molecule has 0 saturated carbocycles. The zero-order valence-electron chi connectivity index (χ0n) is 17.0. The van der Waals surface area contributed by atoms with Crippen molar-refractivity contribution in [1.82, 2.24) is 23.1 Å². The van der Waals surface area contributed by atoms with Crippen LogP contribution in [0.15, 0.2) is 38.6 Å². The maximum absolute atomic E-state index is 13.3. The molecule has 0 bridgehead atoms. The summed E-state index contributed by atoms with van der Waals surface area (Å²) in [6.07, 6.45) is -1.05. The van der Waals surface area contributed by atoms with Crippen LogP contribution in [0.1, 0.15) is 18.1 Å². The van der Waals surface area contributed by atoms with Crippen LogP contribution in [0.2, 0.25) is 5.02 Å². The van der Waals surface area contributed by atoms with Gasteiger partial charge in [-0.25, -0.2) is 9.20 Å². The molecule has 10 nitrogen and oxygen atoms in total. The molecule has 0 fully saturated rings. The third-order valence-electron chi connectivity index (χ3n) is 5.22. The Morgan fingerprint density at radius 2 is 1.71 bits per heavy atom. The van der Waals surface area contributed by atoms with Gasteiger partial charge in [-0.2, -0.15) is 4.98 Å². The summed E-state index contributed by atoms with van der Waals surface area (Å²) < 4.78 is 4.51. The Labute approximate surface area is 179 Å². The van der Waals surface area contributed by atoms with Crippen LogP contribution in [0.3, 0.4) is 0 Å². The van der Waals surface area contributed by atoms with Gasteiger partial charge in [0.15, 0.2) is 11.2 Å². The van der Waals surface area contributed by atoms with Crippen molar-refractivity contribution in [2.24, 2.45) is 14.1 Å². The van der Waals surface area contributed by atoms with Crippen LogP contribution in [0, 0.1) is 0 Å². The van der Waals surface area contributed by atoms with Crippen LogP contribution >= 0.6 is 11.6 Å². The number of aliphatic hydroxyl groups is 1. The van der Waals surface area contributed by atoms with Crippen molar-refractivity contribution in [3.05, 3.63) is 71.6 Å². The lowest BCUT2D eigenvalue weighted by Gasteiger charge is -2.15. The van der Waals surface area contributed by atoms with Gasteiger partial charge in [-0.05, 0) is 24.6 Å². The third kappa shape index (κ3) is 3.24. The molecule has 0 radical (unpaired) electrons. The number of aromatic hydroxyl groups is 1. The van der Waals surface area contributed by atoms with Crippen molar-refractivity contribution < 1.29 is 10.2 Å². The van der Waals surface area contributed by atoms with Crippen molar-refractivity contribution >= 4 is 28.5 Å². The molecule has 0 aliphatic heterocycles. The van der Waals surface area contributed by atoms with E-state index in [1.165, 1.54) is 30.2 Å². The van der Waals surface area contributed by atoms with Crippen LogP contribution in [0.4, 0.5) is 0 Å². The molecule has 162 valence electrons. The smallest absolute Gasteiger partial charge is 0.332 e. The lowest BCUT2D eigenvalue weighted by Crippen LogP contribution is -2.38. The number of benzene rings is 1. The Bertz CT molecular complexity index is 1510. The van der Waals surface area contributed by atoms with E-state index in [0.29, 0.717) is 5.02 Å². The maximum atomic E-state index is 13.3. The molecule has 2 N–H and O–H groups in total. The first-order valence-electron chi connectivity index (χ1n) is 9.47. The molecule has 0 amide bonds. The first-order chi connectivity index (χ1) is 14.6. The van der Waals surface area contributed by atoms with E-state index in [2.05, 4.69) is 4.98 Å². The van der Waals surface area contributed by atoms with E-state index in [-0.39, 0.29) is 41.4 Å². The lowest BCUT2D eigenvalue weighted by atomic mass is 10.1. The second-order valence-corrected chi connectivity index (χ2v) is 7.93. The lowest BCUT2D eigenvalue weighted by molar-refractivity contribution is 0.193. The number of rotatable bonds is 4. The molecular weight excluding hydrogens is 426 g/mol. The molecule has 3 heterocycles. The van der Waals surface area contributed by atoms with Gasteiger partial charge in [-0.15, -0.1) is 0 Å². The van der Waals surface area contributed by atoms with E-state index in [0.717, 1.165) is 14.5 Å². The number of halogens is 1. The van der Waals surface area contributed by atoms with Gasteiger partial charge in [0.1, 0.15) is 0 Å². The number of fused-ring (bicyclic) bond motifs is 3. The van der Waals surface area contributed by atoms with Gasteiger partial charge in [0.25, 0.3) is 11.1 Å². The molecule has 0 aliphatic rings. The van der Waals surface area contributed by atoms with E-state index < -0.39 is 22.9 Å². The molecule has 11 heteroatoms. The molecule has 0 saturated heterocycles. The summed E-state index contributed by atoms with van der Waals surface area (Å²) in [6, 6.07) is 6.88. The average Bonchev–Trinajstić information content (AvgIpc) is 3.13. The highest BCUT2D eigenvalue weighted by atomic mass is 35.5. The molecule has 0 aliphatic carbocycles. The van der Waals surface area contributed by atoms with Crippen molar-refractivity contribution in [3.63, 3.8) is 0 Å². The normalized spacial score (nSPS) is 12.7. The van der Waals surface area contributed by atoms with Gasteiger partial charge in [-0.1, -0.05) is 23.7 Å². The number of imidazole rings is 1. The molecule has 3 aromatic heterocycles. The second-order valence-electron chi connectivity index (χ2n) is 7.50. The summed E-state index contributed by atoms with van der Waals surface area (Å²) in [7, 11) is 2.76. The molecule has 4 aromatic rings. The minimum Gasteiger partial charge on any atom is -0.494 e. The number of aryl methyl sites for hydroxylation is 1. The van der Waals surface area contributed by atoms with Crippen LogP contribution in [0.25, 0.3) is 16.9 Å². The van der Waals surface area contributed by atoms with Gasteiger partial charge in [0, 0.05) is 25.5 Å². The van der Waals surface area contributed by atoms with E-state index in [4.69, 9.17) is 11.6 Å². The monoisotopic (exact) mass is 445 g/mol. The number of aromatic nitrogens is 5. The maximum Gasteiger partial charge on any atom is 0.332 e. The largest absolute Gasteiger partial charge is 0.494 e. The summed E-state index contributed by atoms with van der Waals surface area (Å²) in [6.45, 7) is 1.60. The Hall–Kier alpha value is -3.37.